The lowest BCUT2D eigenvalue weighted by atomic mass is 10.1. The number of halogens is 1. The number of piperazine rings is 1. The highest BCUT2D eigenvalue weighted by molar-refractivity contribution is 6.30. The number of anilines is 4. The van der Waals surface area contributed by atoms with Gasteiger partial charge in [-0.1, -0.05) is 41.9 Å². The zero-order valence-corrected chi connectivity index (χ0v) is 16.5. The molecule has 7 heteroatoms. The van der Waals surface area contributed by atoms with Gasteiger partial charge in [0.25, 0.3) is 0 Å². The second-order valence-electron chi connectivity index (χ2n) is 6.92. The Bertz CT molecular complexity index is 937. The molecule has 0 unspecified atom stereocenters. The Balaban J connectivity index is 1.77. The van der Waals surface area contributed by atoms with E-state index in [0.29, 0.717) is 22.6 Å². The van der Waals surface area contributed by atoms with Crippen LogP contribution in [0.3, 0.4) is 0 Å². The van der Waals surface area contributed by atoms with E-state index < -0.39 is 0 Å². The Morgan fingerprint density at radius 2 is 1.61 bits per heavy atom. The molecular formula is C21H23ClN6. The number of benzene rings is 2. The number of para-hydroxylation sites is 1. The predicted molar refractivity (Wildman–Crippen MR) is 116 cm³/mol. The number of rotatable bonds is 4. The molecule has 6 nitrogen and oxygen atoms in total. The molecule has 144 valence electrons. The lowest BCUT2D eigenvalue weighted by Crippen LogP contribution is -2.45. The summed E-state index contributed by atoms with van der Waals surface area (Å²) >= 11 is 6.06. The van der Waals surface area contributed by atoms with Crippen LogP contribution in [0.1, 0.15) is 0 Å². The third-order valence-corrected chi connectivity index (χ3v) is 5.13. The fraction of sp³-hybridized carbons (Fsp3) is 0.238. The van der Waals surface area contributed by atoms with Gasteiger partial charge in [-0.3, -0.25) is 0 Å². The topological polar surface area (TPSA) is 70.3 Å². The Labute approximate surface area is 170 Å². The zero-order valence-electron chi connectivity index (χ0n) is 15.8. The second-order valence-corrected chi connectivity index (χ2v) is 7.36. The maximum atomic E-state index is 6.42. The summed E-state index contributed by atoms with van der Waals surface area (Å²) in [7, 11) is 2.12. The molecule has 4 rings (SSSR count). The minimum Gasteiger partial charge on any atom is -0.383 e. The molecule has 0 atom stereocenters. The van der Waals surface area contributed by atoms with Gasteiger partial charge in [0.15, 0.2) is 0 Å². The van der Waals surface area contributed by atoms with Crippen LogP contribution in [-0.2, 0) is 0 Å². The molecule has 0 saturated carbocycles. The van der Waals surface area contributed by atoms with E-state index in [9.17, 15) is 0 Å². The van der Waals surface area contributed by atoms with E-state index in [-0.39, 0.29) is 0 Å². The minimum absolute atomic E-state index is 0.449. The average molecular weight is 395 g/mol. The van der Waals surface area contributed by atoms with E-state index in [0.717, 1.165) is 43.0 Å². The predicted octanol–water partition coefficient (Wildman–Crippen LogP) is 3.87. The van der Waals surface area contributed by atoms with Crippen molar-refractivity contribution in [2.24, 2.45) is 0 Å². The summed E-state index contributed by atoms with van der Waals surface area (Å²) in [5.74, 6) is 1.79. The summed E-state index contributed by atoms with van der Waals surface area (Å²) in [4.78, 5) is 13.9. The van der Waals surface area contributed by atoms with Crippen molar-refractivity contribution < 1.29 is 0 Å². The second kappa shape index (κ2) is 8.04. The van der Waals surface area contributed by atoms with E-state index in [1.807, 2.05) is 54.6 Å². The molecule has 0 bridgehead atoms. The van der Waals surface area contributed by atoms with Crippen molar-refractivity contribution in [3.8, 4) is 11.1 Å². The maximum Gasteiger partial charge on any atom is 0.229 e. The molecule has 0 radical (unpaired) electrons. The summed E-state index contributed by atoms with van der Waals surface area (Å²) in [5, 5.41) is 4.09. The van der Waals surface area contributed by atoms with Crippen LogP contribution in [0, 0.1) is 0 Å². The fourth-order valence-corrected chi connectivity index (χ4v) is 3.39. The highest BCUT2D eigenvalue weighted by atomic mass is 35.5. The molecule has 28 heavy (non-hydrogen) atoms. The first-order chi connectivity index (χ1) is 13.6. The van der Waals surface area contributed by atoms with E-state index in [4.69, 9.17) is 22.3 Å². The summed E-state index contributed by atoms with van der Waals surface area (Å²) in [5.41, 5.74) is 9.06. The van der Waals surface area contributed by atoms with Gasteiger partial charge in [-0.15, -0.1) is 0 Å². The third-order valence-electron chi connectivity index (χ3n) is 4.88. The number of aromatic nitrogens is 2. The van der Waals surface area contributed by atoms with Crippen LogP contribution in [0.15, 0.2) is 54.6 Å². The number of nitrogens with one attached hydrogen (secondary N) is 1. The van der Waals surface area contributed by atoms with E-state index in [1.165, 1.54) is 0 Å². The average Bonchev–Trinajstić information content (AvgIpc) is 2.70. The summed E-state index contributed by atoms with van der Waals surface area (Å²) in [6, 6.07) is 17.5. The van der Waals surface area contributed by atoms with Crippen LogP contribution >= 0.6 is 11.6 Å². The van der Waals surface area contributed by atoms with Crippen molar-refractivity contribution in [3.63, 3.8) is 0 Å². The Hall–Kier alpha value is -2.83. The van der Waals surface area contributed by atoms with Gasteiger partial charge in [-0.25, -0.2) is 0 Å². The number of likely N-dealkylation sites (N-methyl/N-ethyl adjacent to an activating group) is 1. The largest absolute Gasteiger partial charge is 0.383 e. The SMILES string of the molecule is CN1CCN(c2nc(N)c(-c3ccc(Cl)cc3)c(Nc3ccccc3)n2)CC1. The first kappa shape index (κ1) is 18.5. The molecule has 2 aromatic carbocycles. The first-order valence-electron chi connectivity index (χ1n) is 9.29. The zero-order chi connectivity index (χ0) is 19.5. The quantitative estimate of drug-likeness (QED) is 0.699. The van der Waals surface area contributed by atoms with Crippen LogP contribution in [0.2, 0.25) is 5.02 Å². The van der Waals surface area contributed by atoms with Crippen LogP contribution in [0.5, 0.6) is 0 Å². The molecule has 3 N–H and O–H groups in total. The summed E-state index contributed by atoms with van der Waals surface area (Å²) in [6.45, 7) is 3.70. The van der Waals surface area contributed by atoms with Crippen LogP contribution in [0.25, 0.3) is 11.1 Å². The van der Waals surface area contributed by atoms with Gasteiger partial charge in [0.1, 0.15) is 11.6 Å². The number of nitrogens with two attached hydrogens (primary N) is 1. The van der Waals surface area contributed by atoms with Gasteiger partial charge in [0.2, 0.25) is 5.95 Å². The normalized spacial score (nSPS) is 14.9. The standard InChI is InChI=1S/C21H23ClN6/c1-27-11-13-28(14-12-27)21-25-19(23)18(15-7-9-16(22)10-8-15)20(26-21)24-17-5-3-2-4-6-17/h2-10H,11-14H2,1H3,(H3,23,24,25,26). The number of nitrogens with zero attached hydrogens (tertiary/aromatic N) is 4. The molecule has 1 saturated heterocycles. The minimum atomic E-state index is 0.449. The first-order valence-corrected chi connectivity index (χ1v) is 9.67. The van der Waals surface area contributed by atoms with Gasteiger partial charge < -0.3 is 20.9 Å². The van der Waals surface area contributed by atoms with Gasteiger partial charge in [-0.05, 0) is 36.9 Å². The van der Waals surface area contributed by atoms with Gasteiger partial charge in [0, 0.05) is 36.9 Å². The van der Waals surface area contributed by atoms with E-state index in [1.54, 1.807) is 0 Å². The summed E-state index contributed by atoms with van der Waals surface area (Å²) in [6.07, 6.45) is 0. The van der Waals surface area contributed by atoms with Crippen LogP contribution < -0.4 is 16.0 Å². The lowest BCUT2D eigenvalue weighted by molar-refractivity contribution is 0.311. The van der Waals surface area contributed by atoms with Crippen LogP contribution in [-0.4, -0.2) is 48.1 Å². The number of nitrogen functional groups attached to an aromatic ring is 1. The maximum absolute atomic E-state index is 6.42. The molecular weight excluding hydrogens is 372 g/mol. The highest BCUT2D eigenvalue weighted by Gasteiger charge is 2.21. The Morgan fingerprint density at radius 1 is 0.929 bits per heavy atom. The number of hydrogen-bond acceptors (Lipinski definition) is 6. The van der Waals surface area contributed by atoms with Crippen molar-refractivity contribution >= 4 is 34.9 Å². The van der Waals surface area contributed by atoms with Crippen molar-refractivity contribution in [1.82, 2.24) is 14.9 Å². The third kappa shape index (κ3) is 4.03. The van der Waals surface area contributed by atoms with Crippen LogP contribution in [0.4, 0.5) is 23.3 Å². The molecule has 3 aromatic rings. The van der Waals surface area contributed by atoms with Crippen molar-refractivity contribution in [2.75, 3.05) is 49.2 Å². The number of hydrogen-bond donors (Lipinski definition) is 2. The molecule has 2 heterocycles. The van der Waals surface area contributed by atoms with Crippen molar-refractivity contribution in [1.29, 1.82) is 0 Å². The molecule has 1 aliphatic rings. The monoisotopic (exact) mass is 394 g/mol. The smallest absolute Gasteiger partial charge is 0.229 e. The Kier molecular flexibility index (Phi) is 5.32. The summed E-state index contributed by atoms with van der Waals surface area (Å²) < 4.78 is 0. The molecule has 1 aromatic heterocycles. The van der Waals surface area contributed by atoms with Crippen molar-refractivity contribution in [2.45, 2.75) is 0 Å². The van der Waals surface area contributed by atoms with Gasteiger partial charge >= 0.3 is 0 Å². The Morgan fingerprint density at radius 3 is 2.29 bits per heavy atom. The fourth-order valence-electron chi connectivity index (χ4n) is 3.26. The van der Waals surface area contributed by atoms with E-state index >= 15 is 0 Å². The van der Waals surface area contributed by atoms with Gasteiger partial charge in [0.05, 0.1) is 5.56 Å². The lowest BCUT2D eigenvalue weighted by Gasteiger charge is -2.32. The molecule has 0 spiro atoms. The van der Waals surface area contributed by atoms with Gasteiger partial charge in [-0.2, -0.15) is 9.97 Å². The molecule has 0 aliphatic carbocycles. The molecule has 1 aliphatic heterocycles. The van der Waals surface area contributed by atoms with Crippen molar-refractivity contribution in [3.05, 3.63) is 59.6 Å². The molecule has 1 fully saturated rings. The molecule has 0 amide bonds. The van der Waals surface area contributed by atoms with E-state index in [2.05, 4.69) is 27.1 Å². The highest BCUT2D eigenvalue weighted by Crippen LogP contribution is 2.35.